The van der Waals surface area contributed by atoms with Crippen LogP contribution >= 0.6 is 11.6 Å². The summed E-state index contributed by atoms with van der Waals surface area (Å²) in [5.41, 5.74) is 0.904. The van der Waals surface area contributed by atoms with Gasteiger partial charge in [0.05, 0.1) is 0 Å². The number of hydrogen-bond donors (Lipinski definition) is 1. The van der Waals surface area contributed by atoms with E-state index in [2.05, 4.69) is 20.2 Å². The van der Waals surface area contributed by atoms with Crippen molar-refractivity contribution in [1.82, 2.24) is 15.3 Å². The van der Waals surface area contributed by atoms with Gasteiger partial charge in [0, 0.05) is 31.4 Å². The minimum Gasteiger partial charge on any atom is -0.358 e. The van der Waals surface area contributed by atoms with E-state index in [9.17, 15) is 0 Å². The maximum absolute atomic E-state index is 5.85. The zero-order valence-corrected chi connectivity index (χ0v) is 10.5. The second kappa shape index (κ2) is 4.97. The lowest BCUT2D eigenvalue weighted by Crippen LogP contribution is -2.35. The molecule has 1 aliphatic heterocycles. The molecule has 1 aromatic rings. The maximum Gasteiger partial charge on any atom is 0.224 e. The first-order chi connectivity index (χ1) is 7.65. The fourth-order valence-electron chi connectivity index (χ4n) is 2.05. The molecule has 0 radical (unpaired) electrons. The van der Waals surface area contributed by atoms with Crippen molar-refractivity contribution in [1.29, 1.82) is 0 Å². The van der Waals surface area contributed by atoms with E-state index in [1.807, 2.05) is 20.0 Å². The highest BCUT2D eigenvalue weighted by molar-refractivity contribution is 6.28. The highest BCUT2D eigenvalue weighted by Gasteiger charge is 2.17. The Morgan fingerprint density at radius 3 is 3.00 bits per heavy atom. The van der Waals surface area contributed by atoms with Crippen molar-refractivity contribution in [2.75, 3.05) is 25.0 Å². The zero-order chi connectivity index (χ0) is 11.5. The predicted octanol–water partition coefficient (Wildman–Crippen LogP) is 1.63. The second-order valence-electron chi connectivity index (χ2n) is 4.31. The number of aromatic nitrogens is 2. The first kappa shape index (κ1) is 11.6. The third-order valence-corrected chi connectivity index (χ3v) is 3.03. The molecule has 0 aromatic carbocycles. The molecule has 1 aromatic heterocycles. The minimum atomic E-state index is 0.321. The van der Waals surface area contributed by atoms with Crippen LogP contribution in [0.3, 0.4) is 0 Å². The molecule has 2 heterocycles. The molecule has 0 spiro atoms. The molecule has 1 aliphatic rings. The van der Waals surface area contributed by atoms with Crippen LogP contribution in [0.25, 0.3) is 0 Å². The van der Waals surface area contributed by atoms with E-state index < -0.39 is 0 Å². The average Bonchev–Trinajstić information content (AvgIpc) is 2.68. The Balaban J connectivity index is 2.04. The van der Waals surface area contributed by atoms with Gasteiger partial charge >= 0.3 is 0 Å². The highest BCUT2D eigenvalue weighted by atomic mass is 35.5. The summed E-state index contributed by atoms with van der Waals surface area (Å²) in [5, 5.41) is 3.79. The molecule has 2 rings (SSSR count). The van der Waals surface area contributed by atoms with Gasteiger partial charge in [-0.25, -0.2) is 9.97 Å². The van der Waals surface area contributed by atoms with Crippen molar-refractivity contribution in [3.05, 3.63) is 17.0 Å². The molecule has 0 saturated carbocycles. The van der Waals surface area contributed by atoms with Gasteiger partial charge in [0.1, 0.15) is 5.82 Å². The maximum atomic E-state index is 5.85. The van der Waals surface area contributed by atoms with Gasteiger partial charge in [-0.05, 0) is 37.9 Å². The molecule has 16 heavy (non-hydrogen) atoms. The quantitative estimate of drug-likeness (QED) is 0.816. The zero-order valence-electron chi connectivity index (χ0n) is 9.70. The number of anilines is 1. The lowest BCUT2D eigenvalue weighted by atomic mass is 10.2. The fraction of sp³-hybridized carbons (Fsp3) is 0.636. The van der Waals surface area contributed by atoms with E-state index in [1.54, 1.807) is 0 Å². The van der Waals surface area contributed by atoms with Crippen LogP contribution in [0.5, 0.6) is 0 Å². The third-order valence-electron chi connectivity index (χ3n) is 2.86. The van der Waals surface area contributed by atoms with E-state index >= 15 is 0 Å². The van der Waals surface area contributed by atoms with Gasteiger partial charge in [-0.1, -0.05) is 0 Å². The predicted molar refractivity (Wildman–Crippen MR) is 66.1 cm³/mol. The summed E-state index contributed by atoms with van der Waals surface area (Å²) in [7, 11) is 2.04. The summed E-state index contributed by atoms with van der Waals surface area (Å²) in [6.45, 7) is 4.02. The van der Waals surface area contributed by atoms with Gasteiger partial charge in [0.2, 0.25) is 5.28 Å². The normalized spacial score (nSPS) is 20.1. The van der Waals surface area contributed by atoms with Gasteiger partial charge in [0.15, 0.2) is 0 Å². The SMILES string of the molecule is Cc1cc(N(C)CC2CCCN2)nc(Cl)n1. The molecule has 1 N–H and O–H groups in total. The molecule has 5 heteroatoms. The molecular formula is C11H17ClN4. The Morgan fingerprint density at radius 1 is 1.56 bits per heavy atom. The first-order valence-corrected chi connectivity index (χ1v) is 5.98. The Labute approximate surface area is 101 Å². The molecule has 0 bridgehead atoms. The van der Waals surface area contributed by atoms with Crippen LogP contribution < -0.4 is 10.2 Å². The Bertz CT molecular complexity index is 343. The van der Waals surface area contributed by atoms with Crippen LogP contribution in [0.4, 0.5) is 5.82 Å². The summed E-state index contributed by atoms with van der Waals surface area (Å²) < 4.78 is 0. The molecule has 1 atom stereocenters. The lowest BCUT2D eigenvalue weighted by Gasteiger charge is -2.22. The average molecular weight is 241 g/mol. The van der Waals surface area contributed by atoms with Crippen LogP contribution in [0.2, 0.25) is 5.28 Å². The van der Waals surface area contributed by atoms with Crippen molar-refractivity contribution >= 4 is 17.4 Å². The van der Waals surface area contributed by atoms with Crippen molar-refractivity contribution < 1.29 is 0 Å². The number of rotatable bonds is 3. The van der Waals surface area contributed by atoms with Crippen LogP contribution in [-0.4, -0.2) is 36.1 Å². The van der Waals surface area contributed by atoms with Crippen molar-refractivity contribution in [2.24, 2.45) is 0 Å². The molecule has 1 unspecified atom stereocenters. The van der Waals surface area contributed by atoms with Crippen LogP contribution in [-0.2, 0) is 0 Å². The van der Waals surface area contributed by atoms with Gasteiger partial charge in [-0.15, -0.1) is 0 Å². The minimum absolute atomic E-state index is 0.321. The first-order valence-electron chi connectivity index (χ1n) is 5.61. The third kappa shape index (κ3) is 2.83. The number of hydrogen-bond acceptors (Lipinski definition) is 4. The smallest absolute Gasteiger partial charge is 0.224 e. The summed E-state index contributed by atoms with van der Waals surface area (Å²) >= 11 is 5.85. The lowest BCUT2D eigenvalue weighted by molar-refractivity contribution is 0.597. The summed E-state index contributed by atoms with van der Waals surface area (Å²) in [6.07, 6.45) is 2.50. The van der Waals surface area contributed by atoms with Crippen LogP contribution in [0.15, 0.2) is 6.07 Å². The topological polar surface area (TPSA) is 41.0 Å². The van der Waals surface area contributed by atoms with E-state index in [1.165, 1.54) is 12.8 Å². The number of nitrogens with zero attached hydrogens (tertiary/aromatic N) is 3. The van der Waals surface area contributed by atoms with Crippen molar-refractivity contribution in [3.8, 4) is 0 Å². The highest BCUT2D eigenvalue weighted by Crippen LogP contribution is 2.15. The summed E-state index contributed by atoms with van der Waals surface area (Å²) in [4.78, 5) is 10.4. The molecule has 1 fully saturated rings. The molecule has 4 nitrogen and oxygen atoms in total. The molecule has 88 valence electrons. The Kier molecular flexibility index (Phi) is 3.61. The van der Waals surface area contributed by atoms with Gasteiger partial charge in [-0.3, -0.25) is 0 Å². The Hall–Kier alpha value is -0.870. The number of likely N-dealkylation sites (N-methyl/N-ethyl adjacent to an activating group) is 1. The molecule has 1 saturated heterocycles. The van der Waals surface area contributed by atoms with E-state index in [0.29, 0.717) is 11.3 Å². The number of halogens is 1. The van der Waals surface area contributed by atoms with Crippen LogP contribution in [0, 0.1) is 6.92 Å². The van der Waals surface area contributed by atoms with Crippen molar-refractivity contribution in [2.45, 2.75) is 25.8 Å². The van der Waals surface area contributed by atoms with Gasteiger partial charge in [-0.2, -0.15) is 0 Å². The number of nitrogens with one attached hydrogen (secondary N) is 1. The molecular weight excluding hydrogens is 224 g/mol. The Morgan fingerprint density at radius 2 is 2.38 bits per heavy atom. The summed E-state index contributed by atoms with van der Waals surface area (Å²) in [5.74, 6) is 0.895. The largest absolute Gasteiger partial charge is 0.358 e. The molecule has 0 aliphatic carbocycles. The van der Waals surface area contributed by atoms with E-state index in [-0.39, 0.29) is 0 Å². The second-order valence-corrected chi connectivity index (χ2v) is 4.65. The van der Waals surface area contributed by atoms with E-state index in [0.717, 1.165) is 24.6 Å². The standard InChI is InChI=1S/C11H17ClN4/c1-8-6-10(15-11(12)14-8)16(2)7-9-4-3-5-13-9/h6,9,13H,3-5,7H2,1-2H3. The molecule has 0 amide bonds. The van der Waals surface area contributed by atoms with Crippen LogP contribution in [0.1, 0.15) is 18.5 Å². The fourth-order valence-corrected chi connectivity index (χ4v) is 2.27. The van der Waals surface area contributed by atoms with Gasteiger partial charge < -0.3 is 10.2 Å². The number of aryl methyl sites for hydroxylation is 1. The summed E-state index contributed by atoms with van der Waals surface area (Å²) in [6, 6.07) is 2.53. The van der Waals surface area contributed by atoms with E-state index in [4.69, 9.17) is 11.6 Å². The monoisotopic (exact) mass is 240 g/mol. The van der Waals surface area contributed by atoms with Crippen molar-refractivity contribution in [3.63, 3.8) is 0 Å². The van der Waals surface area contributed by atoms with Gasteiger partial charge in [0.25, 0.3) is 0 Å².